The predicted octanol–water partition coefficient (Wildman–Crippen LogP) is -0.0197. The van der Waals surface area contributed by atoms with Gasteiger partial charge in [0.05, 0.1) is 7.11 Å². The molecular weight excluding hydrogens is 252 g/mol. The van der Waals surface area contributed by atoms with Crippen LogP contribution < -0.4 is 20.8 Å². The van der Waals surface area contributed by atoms with Crippen LogP contribution >= 0.6 is 15.9 Å². The largest absolute Gasteiger partial charge is 0.478 e. The molecule has 0 bridgehead atoms. The predicted molar refractivity (Wildman–Crippen MR) is 53.7 cm³/mol. The number of nitrogens with zero attached hydrogens (tertiary/aromatic N) is 4. The molecule has 1 aromatic rings. The summed E-state index contributed by atoms with van der Waals surface area (Å²) < 4.78 is 5.59. The standard InChI is InChI=1S/C6H7BrN6O/c1-14-5-4(8-2-3-9-5)13-11-6(7)10-12-13/h2-3,12H,1H3,(H,10,11). The van der Waals surface area contributed by atoms with Crippen LogP contribution in [0, 0.1) is 0 Å². The molecule has 2 rings (SSSR count). The van der Waals surface area contributed by atoms with Gasteiger partial charge in [-0.15, -0.1) is 5.10 Å². The van der Waals surface area contributed by atoms with E-state index in [0.29, 0.717) is 16.4 Å². The summed E-state index contributed by atoms with van der Waals surface area (Å²) in [5, 5.41) is 5.33. The number of nitrogens with one attached hydrogen (secondary N) is 2. The molecule has 74 valence electrons. The number of ether oxygens (including phenoxy) is 1. The molecule has 1 aliphatic rings. The molecule has 2 heterocycles. The van der Waals surface area contributed by atoms with Crippen molar-refractivity contribution in [3.05, 3.63) is 12.4 Å². The topological polar surface area (TPSA) is 74.7 Å². The van der Waals surface area contributed by atoms with Gasteiger partial charge in [0.25, 0.3) is 5.88 Å². The van der Waals surface area contributed by atoms with Gasteiger partial charge in [-0.2, -0.15) is 10.7 Å². The zero-order chi connectivity index (χ0) is 9.97. The van der Waals surface area contributed by atoms with Crippen LogP contribution in [-0.2, 0) is 0 Å². The van der Waals surface area contributed by atoms with E-state index in [1.165, 1.54) is 12.2 Å². The summed E-state index contributed by atoms with van der Waals surface area (Å²) in [6.45, 7) is 0. The lowest BCUT2D eigenvalue weighted by Gasteiger charge is -2.16. The van der Waals surface area contributed by atoms with Gasteiger partial charge in [0.15, 0.2) is 0 Å². The van der Waals surface area contributed by atoms with Gasteiger partial charge < -0.3 is 4.74 Å². The SMILES string of the molecule is COc1nccnc1N1NN=C(Br)N1. The average Bonchev–Trinajstić information content (AvgIpc) is 2.65. The molecule has 0 radical (unpaired) electrons. The molecule has 1 aliphatic heterocycles. The Morgan fingerprint density at radius 1 is 1.43 bits per heavy atom. The number of hydrogen-bond acceptors (Lipinski definition) is 7. The first-order valence-electron chi connectivity index (χ1n) is 3.72. The Morgan fingerprint density at radius 3 is 2.86 bits per heavy atom. The highest BCUT2D eigenvalue weighted by Gasteiger charge is 2.18. The fourth-order valence-electron chi connectivity index (χ4n) is 0.952. The lowest BCUT2D eigenvalue weighted by Crippen LogP contribution is -2.41. The van der Waals surface area contributed by atoms with Crippen molar-refractivity contribution in [3.63, 3.8) is 0 Å². The third-order valence-electron chi connectivity index (χ3n) is 1.50. The van der Waals surface area contributed by atoms with Crippen molar-refractivity contribution < 1.29 is 4.74 Å². The van der Waals surface area contributed by atoms with E-state index >= 15 is 0 Å². The molecule has 8 heteroatoms. The van der Waals surface area contributed by atoms with Crippen LogP contribution in [0.15, 0.2) is 17.5 Å². The number of hydrogen-bond donors (Lipinski definition) is 2. The quantitative estimate of drug-likeness (QED) is 0.727. The van der Waals surface area contributed by atoms with Gasteiger partial charge in [-0.25, -0.2) is 9.97 Å². The molecule has 0 aliphatic carbocycles. The first-order chi connectivity index (χ1) is 6.81. The van der Waals surface area contributed by atoms with Crippen LogP contribution in [0.3, 0.4) is 0 Å². The second-order valence-corrected chi connectivity index (χ2v) is 3.09. The second kappa shape index (κ2) is 3.66. The Balaban J connectivity index is 2.24. The Labute approximate surface area is 88.2 Å². The first-order valence-corrected chi connectivity index (χ1v) is 4.51. The third kappa shape index (κ3) is 1.55. The first kappa shape index (κ1) is 9.00. The lowest BCUT2D eigenvalue weighted by molar-refractivity contribution is 0.393. The van der Waals surface area contributed by atoms with E-state index in [0.717, 1.165) is 0 Å². The summed E-state index contributed by atoms with van der Waals surface area (Å²) >= 11 is 3.17. The van der Waals surface area contributed by atoms with Gasteiger partial charge in [0.2, 0.25) is 10.6 Å². The van der Waals surface area contributed by atoms with Crippen molar-refractivity contribution in [1.82, 2.24) is 20.9 Å². The van der Waals surface area contributed by atoms with E-state index in [2.05, 4.69) is 42.0 Å². The van der Waals surface area contributed by atoms with Crippen molar-refractivity contribution in [2.24, 2.45) is 5.10 Å². The van der Waals surface area contributed by atoms with Crippen LogP contribution in [0.2, 0.25) is 0 Å². The maximum absolute atomic E-state index is 5.03. The number of rotatable bonds is 2. The van der Waals surface area contributed by atoms with Crippen molar-refractivity contribution >= 4 is 26.5 Å². The average molecular weight is 259 g/mol. The molecule has 7 nitrogen and oxygen atoms in total. The number of aromatic nitrogens is 2. The Bertz CT molecular complexity index is 369. The summed E-state index contributed by atoms with van der Waals surface area (Å²) in [6.07, 6.45) is 3.11. The molecular formula is C6H7BrN6O. The molecule has 0 spiro atoms. The van der Waals surface area contributed by atoms with Crippen LogP contribution in [0.5, 0.6) is 5.88 Å². The summed E-state index contributed by atoms with van der Waals surface area (Å²) in [5.41, 5.74) is 5.53. The number of hydrazine groups is 2. The smallest absolute Gasteiger partial charge is 0.261 e. The van der Waals surface area contributed by atoms with Crippen molar-refractivity contribution in [2.45, 2.75) is 0 Å². The summed E-state index contributed by atoms with van der Waals surface area (Å²) in [5.74, 6) is 0.915. The van der Waals surface area contributed by atoms with E-state index in [-0.39, 0.29) is 0 Å². The maximum atomic E-state index is 5.03. The number of methoxy groups -OCH3 is 1. The van der Waals surface area contributed by atoms with Gasteiger partial charge >= 0.3 is 0 Å². The minimum absolute atomic E-state index is 0.407. The molecule has 1 aromatic heterocycles. The van der Waals surface area contributed by atoms with E-state index in [1.54, 1.807) is 12.4 Å². The van der Waals surface area contributed by atoms with Crippen molar-refractivity contribution in [3.8, 4) is 5.88 Å². The molecule has 2 N–H and O–H groups in total. The van der Waals surface area contributed by atoms with Gasteiger partial charge in [-0.05, 0) is 15.9 Å². The van der Waals surface area contributed by atoms with Crippen LogP contribution in [0.1, 0.15) is 0 Å². The summed E-state index contributed by atoms with van der Waals surface area (Å²) in [7, 11) is 1.53. The number of hydrazone groups is 1. The Kier molecular flexibility index (Phi) is 2.35. The van der Waals surface area contributed by atoms with Crippen molar-refractivity contribution in [1.29, 1.82) is 0 Å². The number of halogens is 1. The highest BCUT2D eigenvalue weighted by Crippen LogP contribution is 2.20. The number of amidine groups is 1. The fraction of sp³-hybridized carbons (Fsp3) is 0.167. The number of anilines is 1. The lowest BCUT2D eigenvalue weighted by atomic mass is 10.6. The third-order valence-corrected chi connectivity index (χ3v) is 1.86. The van der Waals surface area contributed by atoms with Crippen LogP contribution in [0.25, 0.3) is 0 Å². The van der Waals surface area contributed by atoms with Crippen LogP contribution in [-0.4, -0.2) is 21.8 Å². The minimum Gasteiger partial charge on any atom is -0.478 e. The van der Waals surface area contributed by atoms with E-state index in [4.69, 9.17) is 4.74 Å². The highest BCUT2D eigenvalue weighted by atomic mass is 79.9. The van der Waals surface area contributed by atoms with E-state index in [9.17, 15) is 0 Å². The van der Waals surface area contributed by atoms with Gasteiger partial charge in [0, 0.05) is 12.4 Å². The van der Waals surface area contributed by atoms with Gasteiger partial charge in [-0.1, -0.05) is 0 Å². The molecule has 14 heavy (non-hydrogen) atoms. The molecule has 0 unspecified atom stereocenters. The molecule has 0 saturated heterocycles. The molecule has 0 saturated carbocycles. The summed E-state index contributed by atoms with van der Waals surface area (Å²) in [4.78, 5) is 8.08. The normalized spacial score (nSPS) is 14.4. The van der Waals surface area contributed by atoms with Gasteiger partial charge in [0.1, 0.15) is 0 Å². The molecule has 0 aromatic carbocycles. The summed E-state index contributed by atoms with van der Waals surface area (Å²) in [6, 6.07) is 0. The Hall–Kier alpha value is -1.57. The van der Waals surface area contributed by atoms with Gasteiger partial charge in [-0.3, -0.25) is 5.43 Å². The zero-order valence-corrected chi connectivity index (χ0v) is 8.82. The fourth-order valence-corrected chi connectivity index (χ4v) is 1.21. The second-order valence-electron chi connectivity index (χ2n) is 2.34. The maximum Gasteiger partial charge on any atom is 0.261 e. The zero-order valence-electron chi connectivity index (χ0n) is 7.23. The van der Waals surface area contributed by atoms with E-state index < -0.39 is 0 Å². The Morgan fingerprint density at radius 2 is 2.21 bits per heavy atom. The van der Waals surface area contributed by atoms with Crippen molar-refractivity contribution in [2.75, 3.05) is 12.2 Å². The van der Waals surface area contributed by atoms with Crippen LogP contribution in [0.4, 0.5) is 5.82 Å². The monoisotopic (exact) mass is 258 g/mol. The molecule has 0 amide bonds. The van der Waals surface area contributed by atoms with E-state index in [1.807, 2.05) is 0 Å². The molecule has 0 atom stereocenters. The highest BCUT2D eigenvalue weighted by molar-refractivity contribution is 9.18. The molecule has 0 fully saturated rings. The minimum atomic E-state index is 0.407.